The third-order valence-electron chi connectivity index (χ3n) is 3.61. The summed E-state index contributed by atoms with van der Waals surface area (Å²) in [5.74, 6) is 2.65. The Bertz CT molecular complexity index is 582. The van der Waals surface area contributed by atoms with Crippen molar-refractivity contribution in [1.82, 2.24) is 9.97 Å². The highest BCUT2D eigenvalue weighted by atomic mass is 35.5. The second-order valence-electron chi connectivity index (χ2n) is 5.40. The lowest BCUT2D eigenvalue weighted by molar-refractivity contribution is 0.797. The molecule has 1 aliphatic rings. The lowest BCUT2D eigenvalue weighted by atomic mass is 10.0. The highest BCUT2D eigenvalue weighted by molar-refractivity contribution is 6.29. The molecule has 0 spiro atoms. The third-order valence-corrected chi connectivity index (χ3v) is 3.81. The van der Waals surface area contributed by atoms with Crippen molar-refractivity contribution in [3.63, 3.8) is 0 Å². The molecule has 1 atom stereocenters. The molecule has 0 bridgehead atoms. The second-order valence-corrected chi connectivity index (χ2v) is 5.79. The number of halogens is 1. The fourth-order valence-corrected chi connectivity index (χ4v) is 2.40. The number of nitrogens with one attached hydrogen (secondary N) is 1. The van der Waals surface area contributed by atoms with E-state index in [1.165, 1.54) is 18.4 Å². The van der Waals surface area contributed by atoms with Gasteiger partial charge < -0.3 is 5.32 Å². The van der Waals surface area contributed by atoms with E-state index in [1.807, 2.05) is 6.07 Å². The van der Waals surface area contributed by atoms with Crippen molar-refractivity contribution < 1.29 is 0 Å². The van der Waals surface area contributed by atoms with Crippen molar-refractivity contribution in [3.05, 3.63) is 52.9 Å². The lowest BCUT2D eigenvalue weighted by Gasteiger charge is -2.14. The zero-order chi connectivity index (χ0) is 13.9. The molecule has 104 valence electrons. The molecule has 0 saturated heterocycles. The predicted octanol–water partition coefficient (Wildman–Crippen LogP) is 4.22. The number of rotatable bonds is 5. The Balaban J connectivity index is 1.66. The van der Waals surface area contributed by atoms with Gasteiger partial charge in [-0.05, 0) is 24.3 Å². The van der Waals surface area contributed by atoms with Gasteiger partial charge in [0.2, 0.25) is 0 Å². The molecule has 2 aromatic rings. The normalized spacial score (nSPS) is 15.9. The van der Waals surface area contributed by atoms with Crippen LogP contribution in [0.25, 0.3) is 0 Å². The summed E-state index contributed by atoms with van der Waals surface area (Å²) in [5, 5.41) is 3.90. The Hall–Kier alpha value is -1.61. The standard InChI is InChI=1S/C16H18ClN3/c1-11(12-5-3-2-4-6-12)10-18-15-9-14(17)19-16(20-15)13-7-8-13/h2-6,9,11,13H,7-8,10H2,1H3,(H,18,19,20). The lowest BCUT2D eigenvalue weighted by Crippen LogP contribution is -2.11. The Labute approximate surface area is 124 Å². The van der Waals surface area contributed by atoms with Crippen LogP contribution in [0.15, 0.2) is 36.4 Å². The van der Waals surface area contributed by atoms with E-state index >= 15 is 0 Å². The molecule has 1 aromatic heterocycles. The number of anilines is 1. The summed E-state index contributed by atoms with van der Waals surface area (Å²) < 4.78 is 0. The van der Waals surface area contributed by atoms with Crippen LogP contribution in [0, 0.1) is 0 Å². The van der Waals surface area contributed by atoms with Gasteiger partial charge in [0.1, 0.15) is 16.8 Å². The van der Waals surface area contributed by atoms with Crippen molar-refractivity contribution in [2.45, 2.75) is 31.6 Å². The largest absolute Gasteiger partial charge is 0.369 e. The monoisotopic (exact) mass is 287 g/mol. The number of hydrogen-bond donors (Lipinski definition) is 1. The van der Waals surface area contributed by atoms with Crippen LogP contribution in [0.5, 0.6) is 0 Å². The Morgan fingerprint density at radius 1 is 1.25 bits per heavy atom. The van der Waals surface area contributed by atoms with Crippen LogP contribution in [-0.4, -0.2) is 16.5 Å². The van der Waals surface area contributed by atoms with E-state index in [0.717, 1.165) is 18.2 Å². The first-order valence-electron chi connectivity index (χ1n) is 7.05. The van der Waals surface area contributed by atoms with Gasteiger partial charge in [-0.2, -0.15) is 0 Å². The van der Waals surface area contributed by atoms with Crippen molar-refractivity contribution in [2.75, 3.05) is 11.9 Å². The van der Waals surface area contributed by atoms with E-state index < -0.39 is 0 Å². The smallest absolute Gasteiger partial charge is 0.135 e. The Morgan fingerprint density at radius 2 is 2.00 bits per heavy atom. The minimum Gasteiger partial charge on any atom is -0.369 e. The van der Waals surface area contributed by atoms with Crippen LogP contribution in [0.3, 0.4) is 0 Å². The molecular weight excluding hydrogens is 270 g/mol. The van der Waals surface area contributed by atoms with Gasteiger partial charge >= 0.3 is 0 Å². The number of benzene rings is 1. The van der Waals surface area contributed by atoms with Crippen molar-refractivity contribution in [3.8, 4) is 0 Å². The third kappa shape index (κ3) is 3.28. The molecule has 0 amide bonds. The van der Waals surface area contributed by atoms with Gasteiger partial charge in [0, 0.05) is 18.5 Å². The van der Waals surface area contributed by atoms with Crippen molar-refractivity contribution in [2.24, 2.45) is 0 Å². The average molecular weight is 288 g/mol. The molecule has 1 N–H and O–H groups in total. The Kier molecular flexibility index (Phi) is 3.88. The first-order chi connectivity index (χ1) is 9.72. The van der Waals surface area contributed by atoms with Gasteiger partial charge in [-0.25, -0.2) is 9.97 Å². The molecule has 1 fully saturated rings. The number of nitrogens with zero attached hydrogens (tertiary/aromatic N) is 2. The van der Waals surface area contributed by atoms with Gasteiger partial charge in [0.05, 0.1) is 0 Å². The molecule has 1 heterocycles. The van der Waals surface area contributed by atoms with Crippen LogP contribution in [0.1, 0.15) is 43.0 Å². The quantitative estimate of drug-likeness (QED) is 0.837. The molecule has 1 aliphatic carbocycles. The highest BCUT2D eigenvalue weighted by Crippen LogP contribution is 2.38. The second kappa shape index (κ2) is 5.80. The van der Waals surface area contributed by atoms with Gasteiger partial charge in [0.15, 0.2) is 0 Å². The summed E-state index contributed by atoms with van der Waals surface area (Å²) in [6.45, 7) is 3.04. The van der Waals surface area contributed by atoms with Crippen LogP contribution in [0.2, 0.25) is 5.15 Å². The maximum atomic E-state index is 6.06. The van der Waals surface area contributed by atoms with E-state index in [9.17, 15) is 0 Å². The zero-order valence-electron chi connectivity index (χ0n) is 11.5. The van der Waals surface area contributed by atoms with E-state index in [1.54, 1.807) is 6.07 Å². The summed E-state index contributed by atoms with van der Waals surface area (Å²) in [6.07, 6.45) is 2.36. The van der Waals surface area contributed by atoms with Gasteiger partial charge in [-0.1, -0.05) is 48.9 Å². The molecule has 3 rings (SSSR count). The van der Waals surface area contributed by atoms with Gasteiger partial charge in [0.25, 0.3) is 0 Å². The van der Waals surface area contributed by atoms with E-state index in [2.05, 4.69) is 46.5 Å². The molecule has 20 heavy (non-hydrogen) atoms. The molecule has 1 aromatic carbocycles. The first kappa shape index (κ1) is 13.4. The van der Waals surface area contributed by atoms with Crippen LogP contribution in [-0.2, 0) is 0 Å². The molecule has 3 nitrogen and oxygen atoms in total. The van der Waals surface area contributed by atoms with E-state index in [4.69, 9.17) is 11.6 Å². The summed E-state index contributed by atoms with van der Waals surface area (Å²) in [6, 6.07) is 12.3. The topological polar surface area (TPSA) is 37.8 Å². The van der Waals surface area contributed by atoms with E-state index in [-0.39, 0.29) is 0 Å². The molecule has 0 radical (unpaired) electrons. The zero-order valence-corrected chi connectivity index (χ0v) is 12.3. The maximum absolute atomic E-state index is 6.06. The fourth-order valence-electron chi connectivity index (χ4n) is 2.21. The molecule has 1 saturated carbocycles. The van der Waals surface area contributed by atoms with Crippen molar-refractivity contribution in [1.29, 1.82) is 0 Å². The SMILES string of the molecule is CC(CNc1cc(Cl)nc(C2CC2)n1)c1ccccc1. The minimum absolute atomic E-state index is 0.425. The molecule has 1 unspecified atom stereocenters. The summed E-state index contributed by atoms with van der Waals surface area (Å²) in [5.41, 5.74) is 1.32. The first-order valence-corrected chi connectivity index (χ1v) is 7.43. The Morgan fingerprint density at radius 3 is 2.70 bits per heavy atom. The van der Waals surface area contributed by atoms with Crippen LogP contribution >= 0.6 is 11.6 Å². The fraction of sp³-hybridized carbons (Fsp3) is 0.375. The summed E-state index contributed by atoms with van der Waals surface area (Å²) in [4.78, 5) is 8.85. The molecular formula is C16H18ClN3. The van der Waals surface area contributed by atoms with Gasteiger partial charge in [-0.15, -0.1) is 0 Å². The van der Waals surface area contributed by atoms with Crippen LogP contribution < -0.4 is 5.32 Å². The average Bonchev–Trinajstić information content (AvgIpc) is 3.30. The maximum Gasteiger partial charge on any atom is 0.135 e. The molecule has 0 aliphatic heterocycles. The van der Waals surface area contributed by atoms with Crippen molar-refractivity contribution >= 4 is 17.4 Å². The summed E-state index contributed by atoms with van der Waals surface area (Å²) in [7, 11) is 0. The van der Waals surface area contributed by atoms with E-state index in [0.29, 0.717) is 17.0 Å². The summed E-state index contributed by atoms with van der Waals surface area (Å²) >= 11 is 6.06. The number of hydrogen-bond acceptors (Lipinski definition) is 3. The van der Waals surface area contributed by atoms with Gasteiger partial charge in [-0.3, -0.25) is 0 Å². The molecule has 4 heteroatoms. The number of aromatic nitrogens is 2. The van der Waals surface area contributed by atoms with Crippen LogP contribution in [0.4, 0.5) is 5.82 Å². The minimum atomic E-state index is 0.425. The predicted molar refractivity (Wildman–Crippen MR) is 82.4 cm³/mol. The highest BCUT2D eigenvalue weighted by Gasteiger charge is 2.27.